The summed E-state index contributed by atoms with van der Waals surface area (Å²) >= 11 is 6.14. The lowest BCUT2D eigenvalue weighted by Crippen LogP contribution is -2.49. The Hall–Kier alpha value is -2.14. The molecule has 6 nitrogen and oxygen atoms in total. The molecule has 28 heavy (non-hydrogen) atoms. The summed E-state index contributed by atoms with van der Waals surface area (Å²) in [6.45, 7) is 5.85. The zero-order valence-electron chi connectivity index (χ0n) is 16.1. The Bertz CT molecular complexity index is 1110. The summed E-state index contributed by atoms with van der Waals surface area (Å²) in [6, 6.07) is 3.74. The highest BCUT2D eigenvalue weighted by Crippen LogP contribution is 2.25. The van der Waals surface area contributed by atoms with Gasteiger partial charge in [0, 0.05) is 60.2 Å². The van der Waals surface area contributed by atoms with Crippen LogP contribution in [0.15, 0.2) is 30.7 Å². The highest BCUT2D eigenvalue weighted by atomic mass is 35.5. The van der Waals surface area contributed by atoms with Crippen molar-refractivity contribution in [3.63, 3.8) is 0 Å². The molecule has 1 aliphatic heterocycles. The average Bonchev–Trinajstić information content (AvgIpc) is 3.23. The smallest absolute Gasteiger partial charge is 0.147 e. The first kappa shape index (κ1) is 19.2. The van der Waals surface area contributed by atoms with Crippen molar-refractivity contribution < 1.29 is 4.21 Å². The molecule has 0 N–H and O–H groups in total. The molecule has 4 rings (SSSR count). The monoisotopic (exact) mass is 415 g/mol. The summed E-state index contributed by atoms with van der Waals surface area (Å²) in [5.74, 6) is 8.21. The molecule has 0 spiro atoms. The zero-order valence-corrected chi connectivity index (χ0v) is 17.7. The van der Waals surface area contributed by atoms with Gasteiger partial charge in [-0.1, -0.05) is 23.4 Å². The van der Waals surface area contributed by atoms with Crippen molar-refractivity contribution >= 4 is 33.4 Å². The molecule has 146 valence electrons. The van der Waals surface area contributed by atoms with E-state index in [4.69, 9.17) is 11.6 Å². The van der Waals surface area contributed by atoms with Gasteiger partial charge in [-0.05, 0) is 26.0 Å². The lowest BCUT2D eigenvalue weighted by Gasteiger charge is -2.36. The molecule has 0 atom stereocenters. The molecule has 3 aromatic heterocycles. The van der Waals surface area contributed by atoms with Crippen LogP contribution in [-0.4, -0.2) is 58.6 Å². The number of aromatic nitrogens is 4. The maximum atomic E-state index is 11.6. The predicted molar refractivity (Wildman–Crippen MR) is 113 cm³/mol. The van der Waals surface area contributed by atoms with Crippen LogP contribution >= 0.6 is 11.6 Å². The van der Waals surface area contributed by atoms with Gasteiger partial charge in [-0.15, -0.1) is 0 Å². The fraction of sp³-hybridized carbons (Fsp3) is 0.400. The van der Waals surface area contributed by atoms with E-state index < -0.39 is 10.8 Å². The number of pyridine rings is 1. The fourth-order valence-corrected chi connectivity index (χ4v) is 4.60. The standard InChI is InChI=1S/C20H22ClN5OS/c1-20(2,25-8-10-28(27)11-9-25)7-6-15-13-26(16-12-22-24(3)14-16)19-17(15)4-5-18(21)23-19/h4-5,12-14H,8-11H2,1-3H3. The number of aryl methyl sites for hydroxylation is 1. The second-order valence-corrected chi connectivity index (χ2v) is 9.52. The van der Waals surface area contributed by atoms with Gasteiger partial charge >= 0.3 is 0 Å². The fourth-order valence-electron chi connectivity index (χ4n) is 3.40. The van der Waals surface area contributed by atoms with E-state index in [0.29, 0.717) is 16.7 Å². The van der Waals surface area contributed by atoms with Gasteiger partial charge in [0.2, 0.25) is 0 Å². The molecular weight excluding hydrogens is 394 g/mol. The van der Waals surface area contributed by atoms with Crippen molar-refractivity contribution in [2.24, 2.45) is 7.05 Å². The van der Waals surface area contributed by atoms with Crippen LogP contribution < -0.4 is 0 Å². The third-order valence-corrected chi connectivity index (χ3v) is 6.54. The average molecular weight is 416 g/mol. The van der Waals surface area contributed by atoms with Crippen LogP contribution in [0.4, 0.5) is 0 Å². The van der Waals surface area contributed by atoms with Gasteiger partial charge in [0.05, 0.1) is 23.0 Å². The highest BCUT2D eigenvalue weighted by molar-refractivity contribution is 7.85. The van der Waals surface area contributed by atoms with Crippen LogP contribution in [0.2, 0.25) is 5.15 Å². The van der Waals surface area contributed by atoms with Gasteiger partial charge in [0.1, 0.15) is 10.8 Å². The number of halogens is 1. The summed E-state index contributed by atoms with van der Waals surface area (Å²) in [5.41, 5.74) is 2.27. The summed E-state index contributed by atoms with van der Waals surface area (Å²) in [6.07, 6.45) is 5.70. The van der Waals surface area contributed by atoms with Gasteiger partial charge in [0.25, 0.3) is 0 Å². The van der Waals surface area contributed by atoms with Crippen molar-refractivity contribution in [1.29, 1.82) is 0 Å². The van der Waals surface area contributed by atoms with Gasteiger partial charge in [-0.3, -0.25) is 18.4 Å². The Kier molecular flexibility index (Phi) is 5.04. The van der Waals surface area contributed by atoms with E-state index in [-0.39, 0.29) is 5.54 Å². The van der Waals surface area contributed by atoms with Gasteiger partial charge < -0.3 is 0 Å². The second kappa shape index (κ2) is 7.36. The van der Waals surface area contributed by atoms with Crippen molar-refractivity contribution in [2.75, 3.05) is 24.6 Å². The number of rotatable bonds is 2. The first-order valence-electron chi connectivity index (χ1n) is 9.13. The largest absolute Gasteiger partial charge is 0.297 e. The minimum Gasteiger partial charge on any atom is -0.297 e. The Morgan fingerprint density at radius 2 is 1.96 bits per heavy atom. The van der Waals surface area contributed by atoms with Crippen LogP contribution in [0.25, 0.3) is 16.7 Å². The Labute approximate surface area is 171 Å². The third kappa shape index (κ3) is 3.72. The topological polar surface area (TPSA) is 56.0 Å². The zero-order chi connectivity index (χ0) is 19.9. The van der Waals surface area contributed by atoms with E-state index in [2.05, 4.69) is 40.7 Å². The summed E-state index contributed by atoms with van der Waals surface area (Å²) in [7, 11) is 1.19. The number of fused-ring (bicyclic) bond motifs is 1. The van der Waals surface area contributed by atoms with Crippen LogP contribution in [0.3, 0.4) is 0 Å². The SMILES string of the molecule is Cn1cc(-n2cc(C#CC(C)(C)N3CCS(=O)CC3)c3ccc(Cl)nc32)cn1. The summed E-state index contributed by atoms with van der Waals surface area (Å²) in [4.78, 5) is 6.81. The quantitative estimate of drug-likeness (QED) is 0.477. The second-order valence-electron chi connectivity index (χ2n) is 7.43. The molecule has 0 saturated carbocycles. The van der Waals surface area contributed by atoms with Crippen molar-refractivity contribution in [1.82, 2.24) is 24.2 Å². The van der Waals surface area contributed by atoms with Gasteiger partial charge in [0.15, 0.2) is 0 Å². The van der Waals surface area contributed by atoms with E-state index >= 15 is 0 Å². The minimum atomic E-state index is -0.694. The first-order valence-corrected chi connectivity index (χ1v) is 11.0. The lowest BCUT2D eigenvalue weighted by atomic mass is 10.0. The molecule has 8 heteroatoms. The molecule has 4 heterocycles. The molecule has 0 radical (unpaired) electrons. The Morgan fingerprint density at radius 1 is 1.21 bits per heavy atom. The molecule has 0 aromatic carbocycles. The summed E-state index contributed by atoms with van der Waals surface area (Å²) < 4.78 is 15.4. The van der Waals surface area contributed by atoms with E-state index in [1.165, 1.54) is 0 Å². The lowest BCUT2D eigenvalue weighted by molar-refractivity contribution is 0.187. The first-order chi connectivity index (χ1) is 13.3. The maximum absolute atomic E-state index is 11.6. The van der Waals surface area contributed by atoms with E-state index in [9.17, 15) is 4.21 Å². The van der Waals surface area contributed by atoms with Crippen molar-refractivity contribution in [3.05, 3.63) is 41.4 Å². The molecular formula is C20H22ClN5OS. The predicted octanol–water partition coefficient (Wildman–Crippen LogP) is 2.61. The molecule has 0 bridgehead atoms. The van der Waals surface area contributed by atoms with Crippen LogP contribution in [0.1, 0.15) is 19.4 Å². The molecule has 1 fully saturated rings. The van der Waals surface area contributed by atoms with Crippen LogP contribution in [0, 0.1) is 11.8 Å². The minimum absolute atomic E-state index is 0.298. The highest BCUT2D eigenvalue weighted by Gasteiger charge is 2.28. The van der Waals surface area contributed by atoms with Crippen LogP contribution in [-0.2, 0) is 17.8 Å². The molecule has 0 unspecified atom stereocenters. The number of hydrogen-bond acceptors (Lipinski definition) is 4. The molecule has 0 aliphatic carbocycles. The van der Waals surface area contributed by atoms with E-state index in [1.54, 1.807) is 16.9 Å². The molecule has 0 amide bonds. The summed E-state index contributed by atoms with van der Waals surface area (Å²) in [5, 5.41) is 5.65. The van der Waals surface area contributed by atoms with E-state index in [1.807, 2.05) is 30.1 Å². The van der Waals surface area contributed by atoms with Gasteiger partial charge in [-0.2, -0.15) is 5.10 Å². The number of hydrogen-bond donors (Lipinski definition) is 0. The maximum Gasteiger partial charge on any atom is 0.147 e. The molecule has 3 aromatic rings. The van der Waals surface area contributed by atoms with E-state index in [0.717, 1.165) is 35.4 Å². The van der Waals surface area contributed by atoms with Crippen LogP contribution in [0.5, 0.6) is 0 Å². The normalized spacial score (nSPS) is 16.3. The molecule has 1 aliphatic rings. The Balaban J connectivity index is 1.74. The molecule has 1 saturated heterocycles. The number of nitrogens with zero attached hydrogens (tertiary/aromatic N) is 5. The van der Waals surface area contributed by atoms with Crippen molar-refractivity contribution in [2.45, 2.75) is 19.4 Å². The van der Waals surface area contributed by atoms with Crippen molar-refractivity contribution in [3.8, 4) is 17.5 Å². The van der Waals surface area contributed by atoms with Gasteiger partial charge in [-0.25, -0.2) is 4.98 Å². The third-order valence-electron chi connectivity index (χ3n) is 5.06. The Morgan fingerprint density at radius 3 is 2.64 bits per heavy atom.